The number of halogens is 1. The molecule has 23 heavy (non-hydrogen) atoms. The zero-order valence-electron chi connectivity index (χ0n) is 13.5. The third-order valence-electron chi connectivity index (χ3n) is 4.35. The fourth-order valence-corrected chi connectivity index (χ4v) is 3.25. The molecule has 0 spiro atoms. The van der Waals surface area contributed by atoms with Crippen LogP contribution in [0.5, 0.6) is 0 Å². The quantitative estimate of drug-likeness (QED) is 0.866. The zero-order chi connectivity index (χ0) is 17.0. The summed E-state index contributed by atoms with van der Waals surface area (Å²) in [4.78, 5) is 25.0. The number of urea groups is 1. The Labute approximate surface area is 135 Å². The minimum Gasteiger partial charge on any atom is -0.466 e. The van der Waals surface area contributed by atoms with E-state index in [0.717, 1.165) is 11.1 Å². The van der Waals surface area contributed by atoms with Gasteiger partial charge in [0.25, 0.3) is 0 Å². The molecule has 0 saturated carbocycles. The Balaban J connectivity index is 2.20. The molecule has 0 bridgehead atoms. The van der Waals surface area contributed by atoms with E-state index in [2.05, 4.69) is 0 Å². The van der Waals surface area contributed by atoms with Crippen molar-refractivity contribution in [2.24, 2.45) is 11.7 Å². The largest absolute Gasteiger partial charge is 0.466 e. The zero-order valence-corrected chi connectivity index (χ0v) is 13.5. The molecule has 0 aromatic heterocycles. The lowest BCUT2D eigenvalue weighted by Crippen LogP contribution is -2.44. The number of amides is 2. The highest BCUT2D eigenvalue weighted by Crippen LogP contribution is 2.37. The number of carbonyl (C=O) groups is 2. The molecule has 0 radical (unpaired) electrons. The van der Waals surface area contributed by atoms with E-state index in [-0.39, 0.29) is 23.7 Å². The van der Waals surface area contributed by atoms with Crippen LogP contribution in [0.3, 0.4) is 0 Å². The van der Waals surface area contributed by atoms with Crippen molar-refractivity contribution in [2.45, 2.75) is 39.2 Å². The van der Waals surface area contributed by atoms with E-state index in [4.69, 9.17) is 10.5 Å². The maximum Gasteiger partial charge on any atom is 0.315 e. The van der Waals surface area contributed by atoms with Crippen LogP contribution < -0.4 is 5.73 Å². The number of aryl methyl sites for hydroxylation is 1. The lowest BCUT2D eigenvalue weighted by atomic mass is 9.84. The second-order valence-corrected chi connectivity index (χ2v) is 5.95. The summed E-state index contributed by atoms with van der Waals surface area (Å²) in [6.45, 7) is 4.44. The molecule has 1 aromatic rings. The molecular formula is C17H23FN2O3. The summed E-state index contributed by atoms with van der Waals surface area (Å²) in [6, 6.07) is 3.80. The lowest BCUT2D eigenvalue weighted by Gasteiger charge is -2.39. The van der Waals surface area contributed by atoms with Gasteiger partial charge in [0.15, 0.2) is 0 Å². The van der Waals surface area contributed by atoms with Crippen molar-refractivity contribution in [2.75, 3.05) is 13.2 Å². The van der Waals surface area contributed by atoms with E-state index in [0.29, 0.717) is 32.4 Å². The first-order chi connectivity index (χ1) is 10.9. The maximum atomic E-state index is 13.3. The van der Waals surface area contributed by atoms with Gasteiger partial charge in [-0.05, 0) is 55.9 Å². The van der Waals surface area contributed by atoms with Crippen molar-refractivity contribution in [1.82, 2.24) is 4.90 Å². The van der Waals surface area contributed by atoms with Crippen LogP contribution in [0.25, 0.3) is 0 Å². The molecule has 2 atom stereocenters. The van der Waals surface area contributed by atoms with Gasteiger partial charge in [-0.15, -0.1) is 0 Å². The summed E-state index contributed by atoms with van der Waals surface area (Å²) in [7, 11) is 0. The van der Waals surface area contributed by atoms with Crippen LogP contribution in [0.15, 0.2) is 18.2 Å². The van der Waals surface area contributed by atoms with E-state index in [9.17, 15) is 14.0 Å². The van der Waals surface area contributed by atoms with Crippen LogP contribution in [0.4, 0.5) is 9.18 Å². The topological polar surface area (TPSA) is 72.6 Å². The Bertz CT molecular complexity index is 591. The highest BCUT2D eigenvalue weighted by Gasteiger charge is 2.33. The molecular weight excluding hydrogens is 299 g/mol. The Morgan fingerprint density at radius 3 is 2.78 bits per heavy atom. The molecule has 2 unspecified atom stereocenters. The Kier molecular flexibility index (Phi) is 5.58. The standard InChI is InChI=1S/C17H23FN2O3/c1-3-23-16(21)10-12-6-7-20(17(19)22)15(9-12)14-5-4-13(18)8-11(14)2/h4-5,8,12,15H,3,6-7,9-10H2,1-2H3,(H2,19,22). The van der Waals surface area contributed by atoms with Crippen LogP contribution >= 0.6 is 0 Å². The van der Waals surface area contributed by atoms with E-state index < -0.39 is 6.03 Å². The summed E-state index contributed by atoms with van der Waals surface area (Å²) < 4.78 is 18.3. The lowest BCUT2D eigenvalue weighted by molar-refractivity contribution is -0.144. The fourth-order valence-electron chi connectivity index (χ4n) is 3.25. The molecule has 1 aromatic carbocycles. The summed E-state index contributed by atoms with van der Waals surface area (Å²) >= 11 is 0. The predicted octanol–water partition coefficient (Wildman–Crippen LogP) is 2.92. The molecule has 1 aliphatic heterocycles. The SMILES string of the molecule is CCOC(=O)CC1CCN(C(N)=O)C(c2ccc(F)cc2C)C1. The van der Waals surface area contributed by atoms with Crippen LogP contribution in [-0.4, -0.2) is 30.1 Å². The van der Waals surface area contributed by atoms with Crippen LogP contribution in [0, 0.1) is 18.7 Å². The van der Waals surface area contributed by atoms with Gasteiger partial charge >= 0.3 is 12.0 Å². The number of piperidine rings is 1. The number of nitrogens with two attached hydrogens (primary N) is 1. The van der Waals surface area contributed by atoms with Crippen molar-refractivity contribution < 1.29 is 18.7 Å². The molecule has 126 valence electrons. The first kappa shape index (κ1) is 17.2. The van der Waals surface area contributed by atoms with Gasteiger partial charge in [-0.1, -0.05) is 6.07 Å². The van der Waals surface area contributed by atoms with Crippen molar-refractivity contribution in [1.29, 1.82) is 0 Å². The minimum atomic E-state index is -0.492. The van der Waals surface area contributed by atoms with Gasteiger partial charge in [0.05, 0.1) is 12.6 Å². The molecule has 5 nitrogen and oxygen atoms in total. The fraction of sp³-hybridized carbons (Fsp3) is 0.529. The van der Waals surface area contributed by atoms with Gasteiger partial charge in [0, 0.05) is 13.0 Å². The van der Waals surface area contributed by atoms with E-state index in [1.165, 1.54) is 12.1 Å². The molecule has 1 fully saturated rings. The van der Waals surface area contributed by atoms with Gasteiger partial charge in [-0.2, -0.15) is 0 Å². The van der Waals surface area contributed by atoms with Gasteiger partial charge in [0.2, 0.25) is 0 Å². The maximum absolute atomic E-state index is 13.3. The number of hydrogen-bond acceptors (Lipinski definition) is 3. The summed E-state index contributed by atoms with van der Waals surface area (Å²) in [5, 5.41) is 0. The molecule has 2 N–H and O–H groups in total. The number of carbonyl (C=O) groups excluding carboxylic acids is 2. The number of ether oxygens (including phenoxy) is 1. The van der Waals surface area contributed by atoms with Crippen molar-refractivity contribution in [3.05, 3.63) is 35.1 Å². The number of hydrogen-bond donors (Lipinski definition) is 1. The van der Waals surface area contributed by atoms with E-state index in [1.807, 2.05) is 6.92 Å². The Hall–Kier alpha value is -2.11. The average Bonchev–Trinajstić information content (AvgIpc) is 2.47. The molecule has 2 rings (SSSR count). The number of primary amides is 1. The highest BCUT2D eigenvalue weighted by molar-refractivity contribution is 5.73. The third-order valence-corrected chi connectivity index (χ3v) is 4.35. The number of nitrogens with zero attached hydrogens (tertiary/aromatic N) is 1. The first-order valence-electron chi connectivity index (χ1n) is 7.90. The second kappa shape index (κ2) is 7.44. The predicted molar refractivity (Wildman–Crippen MR) is 84.1 cm³/mol. The number of benzene rings is 1. The van der Waals surface area contributed by atoms with Crippen LogP contribution in [0.2, 0.25) is 0 Å². The molecule has 1 heterocycles. The number of esters is 1. The molecule has 6 heteroatoms. The van der Waals surface area contributed by atoms with Gasteiger partial charge in [0.1, 0.15) is 5.82 Å². The van der Waals surface area contributed by atoms with Gasteiger partial charge in [-0.25, -0.2) is 9.18 Å². The molecule has 1 saturated heterocycles. The van der Waals surface area contributed by atoms with Gasteiger partial charge < -0.3 is 15.4 Å². The van der Waals surface area contributed by atoms with E-state index >= 15 is 0 Å². The Morgan fingerprint density at radius 2 is 2.17 bits per heavy atom. The minimum absolute atomic E-state index is 0.124. The van der Waals surface area contributed by atoms with Crippen molar-refractivity contribution >= 4 is 12.0 Å². The molecule has 2 amide bonds. The van der Waals surface area contributed by atoms with Crippen molar-refractivity contribution in [3.8, 4) is 0 Å². The normalized spacial score (nSPS) is 21.1. The summed E-state index contributed by atoms with van der Waals surface area (Å²) in [6.07, 6.45) is 1.66. The van der Waals surface area contributed by atoms with Gasteiger partial charge in [-0.3, -0.25) is 4.79 Å². The number of likely N-dealkylation sites (tertiary alicyclic amines) is 1. The monoisotopic (exact) mass is 322 g/mol. The number of rotatable bonds is 4. The summed E-state index contributed by atoms with van der Waals surface area (Å²) in [5.74, 6) is -0.408. The van der Waals surface area contributed by atoms with Crippen LogP contribution in [0.1, 0.15) is 43.4 Å². The van der Waals surface area contributed by atoms with E-state index in [1.54, 1.807) is 17.9 Å². The van der Waals surface area contributed by atoms with Crippen molar-refractivity contribution in [3.63, 3.8) is 0 Å². The second-order valence-electron chi connectivity index (χ2n) is 5.95. The van der Waals surface area contributed by atoms with Crippen LogP contribution in [-0.2, 0) is 9.53 Å². The molecule has 1 aliphatic rings. The summed E-state index contributed by atoms with van der Waals surface area (Å²) in [5.41, 5.74) is 7.14. The average molecular weight is 322 g/mol. The smallest absolute Gasteiger partial charge is 0.315 e. The third kappa shape index (κ3) is 4.21. The Morgan fingerprint density at radius 1 is 1.43 bits per heavy atom. The molecule has 0 aliphatic carbocycles. The highest BCUT2D eigenvalue weighted by atomic mass is 19.1. The first-order valence-corrected chi connectivity index (χ1v) is 7.90.